The van der Waals surface area contributed by atoms with Gasteiger partial charge in [0.05, 0.1) is 19.3 Å². The summed E-state index contributed by atoms with van der Waals surface area (Å²) < 4.78 is 24.9. The number of rotatable bonds is 6. The lowest BCUT2D eigenvalue weighted by molar-refractivity contribution is -0.180. The number of carbonyl (C=O) groups excluding carboxylic acids is 1. The number of piperidine rings is 1. The summed E-state index contributed by atoms with van der Waals surface area (Å²) in [6.07, 6.45) is 6.66. The molecular formula is C30H45NO6. The van der Waals surface area contributed by atoms with E-state index in [0.717, 1.165) is 50.0 Å². The Kier molecular flexibility index (Phi) is 8.15. The van der Waals surface area contributed by atoms with E-state index in [9.17, 15) is 4.79 Å². The standard InChI is InChI=1S/C30H45NO6/c1-21(2)9-7-12-29(6)24-18-30(13-8-14-31(19-30)27(33)37-28(3,4)5)20-35-26(24)23-11-10-22(34-16-15-32)17-25(23)36-29/h9-11,17,24,26,32H,7-8,12-16,18-20H2,1-6H3/t24-,26+,29-,30-/m0/s1. The molecule has 0 bridgehead atoms. The number of hydrogen-bond donors (Lipinski definition) is 1. The maximum absolute atomic E-state index is 12.9. The van der Waals surface area contributed by atoms with Gasteiger partial charge in [-0.05, 0) is 85.8 Å². The van der Waals surface area contributed by atoms with Crippen LogP contribution in [0.3, 0.4) is 0 Å². The molecule has 1 aromatic rings. The molecule has 7 nitrogen and oxygen atoms in total. The first-order chi connectivity index (χ1) is 17.4. The second-order valence-corrected chi connectivity index (χ2v) is 12.6. The Morgan fingerprint density at radius 3 is 2.78 bits per heavy atom. The van der Waals surface area contributed by atoms with Crippen LogP contribution < -0.4 is 9.47 Å². The smallest absolute Gasteiger partial charge is 0.410 e. The van der Waals surface area contributed by atoms with Crippen LogP contribution in [0.5, 0.6) is 11.5 Å². The summed E-state index contributed by atoms with van der Waals surface area (Å²) in [7, 11) is 0. The number of likely N-dealkylation sites (tertiary alicyclic amines) is 1. The monoisotopic (exact) mass is 515 g/mol. The minimum absolute atomic E-state index is 0.0332. The number of fused-ring (bicyclic) bond motifs is 3. The van der Waals surface area contributed by atoms with Crippen LogP contribution in [0.15, 0.2) is 29.8 Å². The van der Waals surface area contributed by atoms with Crippen molar-refractivity contribution in [1.82, 2.24) is 4.90 Å². The van der Waals surface area contributed by atoms with Gasteiger partial charge in [0.25, 0.3) is 0 Å². The molecule has 0 saturated carbocycles. The summed E-state index contributed by atoms with van der Waals surface area (Å²) in [5.41, 5.74) is 1.29. The van der Waals surface area contributed by atoms with Crippen molar-refractivity contribution >= 4 is 6.09 Å². The summed E-state index contributed by atoms with van der Waals surface area (Å²) in [6, 6.07) is 5.90. The van der Waals surface area contributed by atoms with Gasteiger partial charge in [-0.3, -0.25) is 0 Å². The molecule has 0 aromatic heterocycles. The molecule has 37 heavy (non-hydrogen) atoms. The van der Waals surface area contributed by atoms with Crippen molar-refractivity contribution in [1.29, 1.82) is 0 Å². The molecule has 2 fully saturated rings. The molecule has 0 aliphatic carbocycles. The second kappa shape index (κ2) is 10.9. The Hall–Kier alpha value is -2.25. The number of hydrogen-bond acceptors (Lipinski definition) is 6. The Balaban J connectivity index is 1.60. The third kappa shape index (κ3) is 6.43. The zero-order chi connectivity index (χ0) is 26.8. The second-order valence-electron chi connectivity index (χ2n) is 12.6. The molecular weight excluding hydrogens is 470 g/mol. The van der Waals surface area contributed by atoms with Gasteiger partial charge in [-0.15, -0.1) is 0 Å². The molecule has 3 aliphatic rings. The van der Waals surface area contributed by atoms with E-state index in [2.05, 4.69) is 26.8 Å². The predicted octanol–water partition coefficient (Wildman–Crippen LogP) is 6.05. The highest BCUT2D eigenvalue weighted by Crippen LogP contribution is 2.56. The zero-order valence-corrected chi connectivity index (χ0v) is 23.5. The highest BCUT2D eigenvalue weighted by Gasteiger charge is 2.55. The molecule has 4 atom stereocenters. The number of ether oxygens (including phenoxy) is 4. The van der Waals surface area contributed by atoms with Crippen molar-refractivity contribution in [3.05, 3.63) is 35.4 Å². The van der Waals surface area contributed by atoms with Gasteiger partial charge in [0.15, 0.2) is 0 Å². The maximum Gasteiger partial charge on any atom is 0.410 e. The fraction of sp³-hybridized carbons (Fsp3) is 0.700. The number of allylic oxidation sites excluding steroid dienone is 2. The number of aliphatic hydroxyl groups is 1. The quantitative estimate of drug-likeness (QED) is 0.465. The number of benzene rings is 1. The van der Waals surface area contributed by atoms with Gasteiger partial charge in [-0.1, -0.05) is 11.6 Å². The zero-order valence-electron chi connectivity index (χ0n) is 23.5. The Morgan fingerprint density at radius 1 is 1.30 bits per heavy atom. The first-order valence-electron chi connectivity index (χ1n) is 13.7. The molecule has 0 radical (unpaired) electrons. The van der Waals surface area contributed by atoms with E-state index < -0.39 is 11.2 Å². The molecule has 1 spiro atoms. The van der Waals surface area contributed by atoms with Crippen molar-refractivity contribution in [2.75, 3.05) is 32.9 Å². The van der Waals surface area contributed by atoms with E-state index in [4.69, 9.17) is 24.1 Å². The highest BCUT2D eigenvalue weighted by atomic mass is 16.6. The first-order valence-corrected chi connectivity index (χ1v) is 13.7. The molecule has 4 rings (SSSR count). The summed E-state index contributed by atoms with van der Waals surface area (Å²) >= 11 is 0. The van der Waals surface area contributed by atoms with Crippen LogP contribution in [-0.4, -0.2) is 60.2 Å². The van der Waals surface area contributed by atoms with E-state index in [0.29, 0.717) is 18.9 Å². The van der Waals surface area contributed by atoms with E-state index in [1.54, 1.807) is 0 Å². The van der Waals surface area contributed by atoms with Gasteiger partial charge < -0.3 is 29.0 Å². The molecule has 0 unspecified atom stereocenters. The van der Waals surface area contributed by atoms with Crippen molar-refractivity contribution < 1.29 is 28.8 Å². The summed E-state index contributed by atoms with van der Waals surface area (Å²) in [5, 5.41) is 9.16. The summed E-state index contributed by atoms with van der Waals surface area (Å²) in [6.45, 7) is 14.4. The Bertz CT molecular complexity index is 996. The molecule has 2 saturated heterocycles. The Morgan fingerprint density at radius 2 is 2.08 bits per heavy atom. The fourth-order valence-corrected chi connectivity index (χ4v) is 6.13. The van der Waals surface area contributed by atoms with Gasteiger partial charge in [0.2, 0.25) is 0 Å². The van der Waals surface area contributed by atoms with Crippen LogP contribution in [0.2, 0.25) is 0 Å². The molecule has 3 aliphatic heterocycles. The van der Waals surface area contributed by atoms with Gasteiger partial charge in [0, 0.05) is 36.1 Å². The van der Waals surface area contributed by atoms with Crippen LogP contribution >= 0.6 is 0 Å². The molecule has 1 aromatic carbocycles. The highest BCUT2D eigenvalue weighted by molar-refractivity contribution is 5.68. The van der Waals surface area contributed by atoms with Crippen LogP contribution in [0.1, 0.15) is 85.3 Å². The van der Waals surface area contributed by atoms with Crippen molar-refractivity contribution in [2.45, 2.75) is 91.0 Å². The number of aliphatic hydroxyl groups excluding tert-OH is 1. The lowest BCUT2D eigenvalue weighted by atomic mass is 9.64. The SMILES string of the molecule is CC(C)=CCC[C@]1(C)Oc2cc(OCCO)ccc2[C@H]2OC[C@@]3(CCCN(C(=O)OC(C)(C)C)C3)C[C@@H]21. The fourth-order valence-electron chi connectivity index (χ4n) is 6.13. The van der Waals surface area contributed by atoms with Gasteiger partial charge in [-0.2, -0.15) is 0 Å². The van der Waals surface area contributed by atoms with E-state index in [1.165, 1.54) is 5.57 Å². The van der Waals surface area contributed by atoms with Gasteiger partial charge in [-0.25, -0.2) is 4.79 Å². The molecule has 7 heteroatoms. The average molecular weight is 516 g/mol. The predicted molar refractivity (Wildman–Crippen MR) is 143 cm³/mol. The molecule has 3 heterocycles. The number of carbonyl (C=O) groups is 1. The minimum atomic E-state index is -0.514. The van der Waals surface area contributed by atoms with E-state index >= 15 is 0 Å². The molecule has 1 N–H and O–H groups in total. The van der Waals surface area contributed by atoms with E-state index in [1.807, 2.05) is 43.9 Å². The first kappa shape index (κ1) is 27.8. The number of amides is 1. The molecule has 206 valence electrons. The van der Waals surface area contributed by atoms with Crippen LogP contribution in [0.4, 0.5) is 4.79 Å². The third-order valence-electron chi connectivity index (χ3n) is 7.87. The Labute approximate surface area is 222 Å². The van der Waals surface area contributed by atoms with E-state index in [-0.39, 0.29) is 36.7 Å². The lowest BCUT2D eigenvalue weighted by Gasteiger charge is -2.55. The minimum Gasteiger partial charge on any atom is -0.491 e. The average Bonchev–Trinajstić information content (AvgIpc) is 2.81. The normalized spacial score (nSPS) is 29.1. The van der Waals surface area contributed by atoms with Crippen molar-refractivity contribution in [3.8, 4) is 11.5 Å². The summed E-state index contributed by atoms with van der Waals surface area (Å²) in [5.74, 6) is 1.64. The van der Waals surface area contributed by atoms with Gasteiger partial charge in [0.1, 0.15) is 29.3 Å². The van der Waals surface area contributed by atoms with Crippen LogP contribution in [0.25, 0.3) is 0 Å². The van der Waals surface area contributed by atoms with Gasteiger partial charge >= 0.3 is 6.09 Å². The van der Waals surface area contributed by atoms with Crippen molar-refractivity contribution in [2.24, 2.45) is 11.3 Å². The maximum atomic E-state index is 12.9. The van der Waals surface area contributed by atoms with Crippen molar-refractivity contribution in [3.63, 3.8) is 0 Å². The summed E-state index contributed by atoms with van der Waals surface area (Å²) in [4.78, 5) is 14.8. The topological polar surface area (TPSA) is 77.5 Å². The number of nitrogens with zero attached hydrogens (tertiary/aromatic N) is 1. The largest absolute Gasteiger partial charge is 0.491 e. The van der Waals surface area contributed by atoms with Crippen LogP contribution in [-0.2, 0) is 9.47 Å². The van der Waals surface area contributed by atoms with Crippen LogP contribution in [0, 0.1) is 11.3 Å². The lowest BCUT2D eigenvalue weighted by Crippen LogP contribution is -2.57. The third-order valence-corrected chi connectivity index (χ3v) is 7.87. The molecule has 1 amide bonds.